The minimum atomic E-state index is -0.0185. The third-order valence-electron chi connectivity index (χ3n) is 1.29. The normalized spacial score (nSPS) is 37.5. The lowest BCUT2D eigenvalue weighted by molar-refractivity contribution is 0.264. The predicted octanol–water partition coefficient (Wildman–Crippen LogP) is 2.00. The van der Waals surface area contributed by atoms with Crippen molar-refractivity contribution in [3.8, 4) is 0 Å². The van der Waals surface area contributed by atoms with Gasteiger partial charge in [0.2, 0.25) is 0 Å². The van der Waals surface area contributed by atoms with E-state index in [1.807, 2.05) is 0 Å². The van der Waals surface area contributed by atoms with E-state index < -0.39 is 0 Å². The van der Waals surface area contributed by atoms with Crippen LogP contribution < -0.4 is 0 Å². The molecule has 1 rings (SSSR count). The summed E-state index contributed by atoms with van der Waals surface area (Å²) < 4.78 is 5.05. The summed E-state index contributed by atoms with van der Waals surface area (Å²) in [6, 6.07) is 0. The van der Waals surface area contributed by atoms with Gasteiger partial charge in [-0.25, -0.2) is 0 Å². The van der Waals surface area contributed by atoms with Gasteiger partial charge in [0, 0.05) is 0 Å². The van der Waals surface area contributed by atoms with Crippen molar-refractivity contribution in [3.05, 3.63) is 0 Å². The van der Waals surface area contributed by atoms with Crippen LogP contribution in [0.5, 0.6) is 0 Å². The number of hydrogen-bond donors (Lipinski definition) is 0. The first-order chi connectivity index (χ1) is 3.52. The molecule has 8 heavy (non-hydrogen) atoms. The summed E-state index contributed by atoms with van der Waals surface area (Å²) in [5, 5.41) is 0. The van der Waals surface area contributed by atoms with Crippen LogP contribution in [0.2, 0.25) is 0 Å². The van der Waals surface area contributed by atoms with Crippen molar-refractivity contribution in [1.29, 1.82) is 0 Å². The van der Waals surface area contributed by atoms with E-state index in [-0.39, 0.29) is 17.1 Å². The number of rotatable bonds is 0. The number of alkyl halides is 1. The first-order valence-electron chi connectivity index (χ1n) is 2.81. The second-order valence-electron chi connectivity index (χ2n) is 3.27. The third kappa shape index (κ3) is 1.15. The second-order valence-corrected chi connectivity index (χ2v) is 3.70. The van der Waals surface area contributed by atoms with Crippen molar-refractivity contribution in [1.82, 2.24) is 0 Å². The lowest BCUT2D eigenvalue weighted by atomic mass is 9.93. The van der Waals surface area contributed by atoms with Crippen LogP contribution in [0, 0.1) is 5.41 Å². The van der Waals surface area contributed by atoms with Gasteiger partial charge in [0.1, 0.15) is 6.10 Å². The zero-order valence-electron chi connectivity index (χ0n) is 5.44. The zero-order chi connectivity index (χ0) is 6.36. The molecule has 1 saturated heterocycles. The summed E-state index contributed by atoms with van der Waals surface area (Å²) in [5.41, 5.74) is 0.210. The van der Waals surface area contributed by atoms with Gasteiger partial charge in [-0.05, 0) is 5.41 Å². The molecule has 0 amide bonds. The van der Waals surface area contributed by atoms with Crippen LogP contribution in [0.1, 0.15) is 20.8 Å². The first kappa shape index (κ1) is 6.37. The number of epoxide rings is 1. The lowest BCUT2D eigenvalue weighted by Crippen LogP contribution is -2.14. The van der Waals surface area contributed by atoms with Crippen LogP contribution in [0.25, 0.3) is 0 Å². The average molecular weight is 135 g/mol. The van der Waals surface area contributed by atoms with Crippen LogP contribution in [-0.4, -0.2) is 11.7 Å². The maximum Gasteiger partial charge on any atom is 0.158 e. The molecule has 2 atom stereocenters. The van der Waals surface area contributed by atoms with Gasteiger partial charge in [-0.15, -0.1) is 0 Å². The molecule has 1 fully saturated rings. The fraction of sp³-hybridized carbons (Fsp3) is 1.00. The van der Waals surface area contributed by atoms with Crippen LogP contribution in [0.4, 0.5) is 0 Å². The Morgan fingerprint density at radius 3 is 1.75 bits per heavy atom. The van der Waals surface area contributed by atoms with Crippen LogP contribution >= 0.6 is 11.6 Å². The van der Waals surface area contributed by atoms with Gasteiger partial charge in [0.05, 0.1) is 0 Å². The molecule has 0 saturated carbocycles. The molecule has 2 unspecified atom stereocenters. The fourth-order valence-electron chi connectivity index (χ4n) is 0.692. The maximum absolute atomic E-state index is 5.61. The van der Waals surface area contributed by atoms with E-state index in [1.54, 1.807) is 0 Å². The Kier molecular flexibility index (Phi) is 1.28. The van der Waals surface area contributed by atoms with E-state index >= 15 is 0 Å². The molecule has 48 valence electrons. The van der Waals surface area contributed by atoms with Crippen LogP contribution in [0.3, 0.4) is 0 Å². The standard InChI is InChI=1S/C6H11ClO/c1-6(2,3)4-5(7)8-4/h4-5H,1-3H3. The Labute approximate surface area is 55.0 Å². The number of halogens is 1. The van der Waals surface area contributed by atoms with Gasteiger partial charge in [-0.2, -0.15) is 0 Å². The Hall–Kier alpha value is 0.250. The fourth-order valence-corrected chi connectivity index (χ4v) is 1.18. The second kappa shape index (κ2) is 1.61. The smallest absolute Gasteiger partial charge is 0.158 e. The van der Waals surface area contributed by atoms with Gasteiger partial charge < -0.3 is 4.74 Å². The Balaban J connectivity index is 2.39. The van der Waals surface area contributed by atoms with E-state index in [0.29, 0.717) is 0 Å². The topological polar surface area (TPSA) is 12.5 Å². The molecule has 0 bridgehead atoms. The number of hydrogen-bond acceptors (Lipinski definition) is 1. The molecule has 1 aliphatic heterocycles. The zero-order valence-corrected chi connectivity index (χ0v) is 6.20. The Bertz CT molecular complexity index is 95.2. The summed E-state index contributed by atoms with van der Waals surface area (Å²) in [5.74, 6) is 0. The van der Waals surface area contributed by atoms with Gasteiger partial charge in [0.15, 0.2) is 5.56 Å². The SMILES string of the molecule is CC(C)(C)C1OC1Cl. The van der Waals surface area contributed by atoms with E-state index in [1.165, 1.54) is 0 Å². The molecule has 1 aliphatic rings. The maximum atomic E-state index is 5.61. The van der Waals surface area contributed by atoms with Crippen LogP contribution in [0.15, 0.2) is 0 Å². The molecule has 2 heteroatoms. The molecule has 1 nitrogen and oxygen atoms in total. The van der Waals surface area contributed by atoms with E-state index in [4.69, 9.17) is 16.3 Å². The lowest BCUT2D eigenvalue weighted by Gasteiger charge is -2.12. The van der Waals surface area contributed by atoms with E-state index in [2.05, 4.69) is 20.8 Å². The number of ether oxygens (including phenoxy) is 1. The molecular weight excluding hydrogens is 124 g/mol. The van der Waals surface area contributed by atoms with Crippen molar-refractivity contribution in [2.45, 2.75) is 32.4 Å². The molecule has 0 N–H and O–H groups in total. The highest BCUT2D eigenvalue weighted by atomic mass is 35.5. The van der Waals surface area contributed by atoms with E-state index in [0.717, 1.165) is 0 Å². The van der Waals surface area contributed by atoms with Crippen LogP contribution in [-0.2, 0) is 4.74 Å². The van der Waals surface area contributed by atoms with Crippen molar-refractivity contribution in [2.75, 3.05) is 0 Å². The monoisotopic (exact) mass is 134 g/mol. The van der Waals surface area contributed by atoms with Gasteiger partial charge >= 0.3 is 0 Å². The van der Waals surface area contributed by atoms with Crippen molar-refractivity contribution < 1.29 is 4.74 Å². The molecule has 0 aromatic carbocycles. The molecule has 0 aromatic rings. The minimum absolute atomic E-state index is 0.0185. The molecule has 0 radical (unpaired) electrons. The summed E-state index contributed by atoms with van der Waals surface area (Å²) in [6.45, 7) is 6.38. The predicted molar refractivity (Wildman–Crippen MR) is 34.0 cm³/mol. The van der Waals surface area contributed by atoms with Gasteiger partial charge in [-0.3, -0.25) is 0 Å². The summed E-state index contributed by atoms with van der Waals surface area (Å²) in [6.07, 6.45) is 0.282. The highest BCUT2D eigenvalue weighted by Gasteiger charge is 2.45. The minimum Gasteiger partial charge on any atom is -0.352 e. The first-order valence-corrected chi connectivity index (χ1v) is 3.25. The van der Waals surface area contributed by atoms with Crippen molar-refractivity contribution >= 4 is 11.6 Å². The Morgan fingerprint density at radius 2 is 1.75 bits per heavy atom. The molecule has 0 aromatic heterocycles. The largest absolute Gasteiger partial charge is 0.352 e. The van der Waals surface area contributed by atoms with E-state index in [9.17, 15) is 0 Å². The molecule has 1 heterocycles. The molecule has 0 spiro atoms. The summed E-state index contributed by atoms with van der Waals surface area (Å²) in [7, 11) is 0. The summed E-state index contributed by atoms with van der Waals surface area (Å²) >= 11 is 5.61. The molecular formula is C6H11ClO. The Morgan fingerprint density at radius 1 is 1.38 bits per heavy atom. The highest BCUT2D eigenvalue weighted by molar-refractivity contribution is 6.21. The highest BCUT2D eigenvalue weighted by Crippen LogP contribution is 2.39. The van der Waals surface area contributed by atoms with Crippen molar-refractivity contribution in [2.24, 2.45) is 5.41 Å². The van der Waals surface area contributed by atoms with Gasteiger partial charge in [-0.1, -0.05) is 32.4 Å². The quantitative estimate of drug-likeness (QED) is 0.365. The van der Waals surface area contributed by atoms with Gasteiger partial charge in [0.25, 0.3) is 0 Å². The van der Waals surface area contributed by atoms with Crippen molar-refractivity contribution in [3.63, 3.8) is 0 Å². The third-order valence-corrected chi connectivity index (χ3v) is 1.62. The molecule has 0 aliphatic carbocycles. The average Bonchev–Trinajstić information content (AvgIpc) is 2.13. The summed E-state index contributed by atoms with van der Waals surface area (Å²) in [4.78, 5) is 0.